The second-order valence-electron chi connectivity index (χ2n) is 6.74. The van der Waals surface area contributed by atoms with Gasteiger partial charge in [0.2, 0.25) is 0 Å². The molecule has 2 saturated heterocycles. The Morgan fingerprint density at radius 1 is 1.12 bits per heavy atom. The number of pyridine rings is 1. The van der Waals surface area contributed by atoms with Crippen LogP contribution in [0.4, 0.5) is 0 Å². The van der Waals surface area contributed by atoms with E-state index in [-0.39, 0.29) is 24.8 Å². The van der Waals surface area contributed by atoms with Gasteiger partial charge in [0.15, 0.2) is 0 Å². The van der Waals surface area contributed by atoms with Crippen LogP contribution in [-0.2, 0) is 4.74 Å². The minimum atomic E-state index is 0. The summed E-state index contributed by atoms with van der Waals surface area (Å²) in [5.41, 5.74) is 2.15. The number of hydrogen-bond donors (Lipinski definition) is 1. The Balaban J connectivity index is 0.00000121. The molecule has 1 aromatic carbocycles. The Bertz CT molecular complexity index is 685. The molecule has 1 aromatic heterocycles. The maximum atomic E-state index is 6.65. The van der Waals surface area contributed by atoms with E-state index >= 15 is 0 Å². The highest BCUT2D eigenvalue weighted by Gasteiger charge is 2.33. The zero-order valence-electron chi connectivity index (χ0n) is 14.7. The molecule has 0 unspecified atom stereocenters. The monoisotopic (exact) mass is 417 g/mol. The molecule has 2 aliphatic heterocycles. The molecule has 3 heterocycles. The molecule has 1 atom stereocenters. The summed E-state index contributed by atoms with van der Waals surface area (Å²) in [5.74, 6) is 0.581. The van der Waals surface area contributed by atoms with Gasteiger partial charge in [-0.3, -0.25) is 4.90 Å². The molecule has 0 radical (unpaired) electrons. The van der Waals surface area contributed by atoms with Crippen molar-refractivity contribution in [3.63, 3.8) is 0 Å². The lowest BCUT2D eigenvalue weighted by Crippen LogP contribution is -2.47. The number of fused-ring (bicyclic) bond motifs is 1. The van der Waals surface area contributed by atoms with Crippen molar-refractivity contribution < 1.29 is 4.74 Å². The molecule has 0 amide bonds. The normalized spacial score (nSPS) is 20.2. The maximum Gasteiger partial charge on any atom is 0.134 e. The van der Waals surface area contributed by atoms with Crippen LogP contribution in [0.3, 0.4) is 0 Å². The van der Waals surface area contributed by atoms with Gasteiger partial charge in [0.05, 0.1) is 5.52 Å². The fourth-order valence-corrected chi connectivity index (χ4v) is 4.31. The fraction of sp³-hybridized carbons (Fsp3) is 0.526. The number of nitrogens with one attached hydrogen (secondary N) is 1. The van der Waals surface area contributed by atoms with E-state index in [2.05, 4.69) is 33.4 Å². The van der Waals surface area contributed by atoms with E-state index in [0.717, 1.165) is 57.8 Å². The molecule has 0 aliphatic carbocycles. The molecule has 2 aromatic rings. The predicted octanol–water partition coefficient (Wildman–Crippen LogP) is 4.10. The number of halogens is 3. The van der Waals surface area contributed by atoms with E-state index in [1.54, 1.807) is 0 Å². The largest absolute Gasteiger partial charge is 0.381 e. The van der Waals surface area contributed by atoms with Crippen molar-refractivity contribution in [1.29, 1.82) is 0 Å². The van der Waals surface area contributed by atoms with Crippen molar-refractivity contribution in [2.45, 2.75) is 18.9 Å². The van der Waals surface area contributed by atoms with Crippen LogP contribution in [0.5, 0.6) is 0 Å². The molecular weight excluding hydrogens is 393 g/mol. The molecule has 26 heavy (non-hydrogen) atoms. The lowest BCUT2D eigenvalue weighted by molar-refractivity contribution is 0.0213. The van der Waals surface area contributed by atoms with Crippen LogP contribution in [0.1, 0.15) is 24.4 Å². The van der Waals surface area contributed by atoms with E-state index in [1.165, 1.54) is 10.9 Å². The van der Waals surface area contributed by atoms with Crippen molar-refractivity contribution in [3.05, 3.63) is 41.0 Å². The molecule has 7 heteroatoms. The van der Waals surface area contributed by atoms with Crippen molar-refractivity contribution in [3.8, 4) is 0 Å². The molecule has 144 valence electrons. The van der Waals surface area contributed by atoms with Gasteiger partial charge < -0.3 is 10.1 Å². The Labute approximate surface area is 172 Å². The number of ether oxygens (including phenoxy) is 1. The van der Waals surface area contributed by atoms with E-state index in [4.69, 9.17) is 16.3 Å². The first-order valence-electron chi connectivity index (χ1n) is 8.90. The number of piperazine rings is 1. The van der Waals surface area contributed by atoms with Gasteiger partial charge >= 0.3 is 0 Å². The zero-order chi connectivity index (χ0) is 16.4. The molecule has 0 saturated carbocycles. The third-order valence-corrected chi connectivity index (χ3v) is 5.58. The number of hydrogen-bond acceptors (Lipinski definition) is 4. The van der Waals surface area contributed by atoms with Gasteiger partial charge in [0, 0.05) is 56.4 Å². The first kappa shape index (κ1) is 21.7. The second-order valence-corrected chi connectivity index (χ2v) is 7.10. The number of rotatable bonds is 3. The van der Waals surface area contributed by atoms with Crippen molar-refractivity contribution in [2.75, 3.05) is 39.4 Å². The van der Waals surface area contributed by atoms with E-state index in [9.17, 15) is 0 Å². The van der Waals surface area contributed by atoms with Gasteiger partial charge in [-0.1, -0.05) is 29.8 Å². The smallest absolute Gasteiger partial charge is 0.134 e. The van der Waals surface area contributed by atoms with Gasteiger partial charge in [-0.15, -0.1) is 24.8 Å². The average molecular weight is 419 g/mol. The van der Waals surface area contributed by atoms with Crippen LogP contribution in [0.25, 0.3) is 10.9 Å². The SMILES string of the molecule is Cl.Cl.Clc1nc2ccccc2cc1[C@H](C1CCOCC1)N1CCNCC1. The summed E-state index contributed by atoms with van der Waals surface area (Å²) in [7, 11) is 0. The summed E-state index contributed by atoms with van der Waals surface area (Å²) in [4.78, 5) is 7.27. The molecule has 2 aliphatic rings. The molecule has 2 fully saturated rings. The lowest BCUT2D eigenvalue weighted by Gasteiger charge is -2.41. The quantitative estimate of drug-likeness (QED) is 0.761. The van der Waals surface area contributed by atoms with E-state index in [1.807, 2.05) is 12.1 Å². The topological polar surface area (TPSA) is 37.4 Å². The Morgan fingerprint density at radius 3 is 2.54 bits per heavy atom. The average Bonchev–Trinajstić information content (AvgIpc) is 2.64. The van der Waals surface area contributed by atoms with Crippen molar-refractivity contribution in [1.82, 2.24) is 15.2 Å². The summed E-state index contributed by atoms with van der Waals surface area (Å²) in [6.07, 6.45) is 2.19. The highest BCUT2D eigenvalue weighted by atomic mass is 35.5. The number of benzene rings is 1. The first-order chi connectivity index (χ1) is 11.8. The Hall–Kier alpha value is -0.620. The minimum Gasteiger partial charge on any atom is -0.381 e. The van der Waals surface area contributed by atoms with Crippen LogP contribution in [0, 0.1) is 5.92 Å². The fourth-order valence-electron chi connectivity index (χ4n) is 4.06. The maximum absolute atomic E-state index is 6.65. The van der Waals surface area contributed by atoms with Crippen LogP contribution in [-0.4, -0.2) is 49.3 Å². The van der Waals surface area contributed by atoms with Crippen LogP contribution in [0.2, 0.25) is 5.15 Å². The van der Waals surface area contributed by atoms with Crippen molar-refractivity contribution >= 4 is 47.3 Å². The first-order valence-corrected chi connectivity index (χ1v) is 9.28. The van der Waals surface area contributed by atoms with Gasteiger partial charge in [0.1, 0.15) is 5.15 Å². The third-order valence-electron chi connectivity index (χ3n) is 5.28. The van der Waals surface area contributed by atoms with E-state index in [0.29, 0.717) is 17.1 Å². The molecule has 1 N–H and O–H groups in total. The highest BCUT2D eigenvalue weighted by molar-refractivity contribution is 6.30. The summed E-state index contributed by atoms with van der Waals surface area (Å²) in [6.45, 7) is 5.91. The molecule has 0 bridgehead atoms. The van der Waals surface area contributed by atoms with E-state index < -0.39 is 0 Å². The number of para-hydroxylation sites is 1. The zero-order valence-corrected chi connectivity index (χ0v) is 17.1. The minimum absolute atomic E-state index is 0. The van der Waals surface area contributed by atoms with Gasteiger partial charge in [-0.05, 0) is 30.9 Å². The second kappa shape index (κ2) is 10.1. The standard InChI is InChI=1S/C19H24ClN3O.2ClH/c20-19-16(13-15-3-1-2-4-17(15)22-19)18(14-5-11-24-12-6-14)23-9-7-21-8-10-23;;/h1-4,13-14,18,21H,5-12H2;2*1H/t18-;;/m0../s1. The van der Waals surface area contributed by atoms with Gasteiger partial charge in [-0.2, -0.15) is 0 Å². The Morgan fingerprint density at radius 2 is 1.81 bits per heavy atom. The predicted molar refractivity (Wildman–Crippen MR) is 112 cm³/mol. The molecular formula is C19H26Cl3N3O. The molecule has 0 spiro atoms. The summed E-state index contributed by atoms with van der Waals surface area (Å²) >= 11 is 6.65. The summed E-state index contributed by atoms with van der Waals surface area (Å²) in [5, 5.41) is 5.28. The van der Waals surface area contributed by atoms with Gasteiger partial charge in [-0.25, -0.2) is 4.98 Å². The van der Waals surface area contributed by atoms with Gasteiger partial charge in [0.25, 0.3) is 0 Å². The van der Waals surface area contributed by atoms with Crippen LogP contribution >= 0.6 is 36.4 Å². The molecule has 4 nitrogen and oxygen atoms in total. The number of nitrogens with zero attached hydrogens (tertiary/aromatic N) is 2. The highest BCUT2D eigenvalue weighted by Crippen LogP contribution is 2.39. The Kier molecular flexibility index (Phi) is 8.40. The van der Waals surface area contributed by atoms with Crippen LogP contribution in [0.15, 0.2) is 30.3 Å². The van der Waals surface area contributed by atoms with Crippen LogP contribution < -0.4 is 5.32 Å². The summed E-state index contributed by atoms with van der Waals surface area (Å²) < 4.78 is 5.59. The summed E-state index contributed by atoms with van der Waals surface area (Å²) in [6, 6.07) is 10.8. The number of aromatic nitrogens is 1. The lowest BCUT2D eigenvalue weighted by atomic mass is 9.85. The molecule has 4 rings (SSSR count). The van der Waals surface area contributed by atoms with Crippen molar-refractivity contribution in [2.24, 2.45) is 5.92 Å². The third kappa shape index (κ3) is 4.61.